The van der Waals surface area contributed by atoms with Crippen molar-refractivity contribution in [2.45, 2.75) is 34.1 Å². The number of hydrogen-bond acceptors (Lipinski definition) is 4. The van der Waals surface area contributed by atoms with Gasteiger partial charge in [-0.25, -0.2) is 4.98 Å². The molecule has 1 aromatic heterocycles. The van der Waals surface area contributed by atoms with Crippen molar-refractivity contribution in [3.8, 4) is 5.88 Å². The molecule has 1 N–H and O–H groups in total. The Morgan fingerprint density at radius 3 is 2.81 bits per heavy atom. The van der Waals surface area contributed by atoms with Gasteiger partial charge in [-0.15, -0.1) is 0 Å². The SMILES string of the molecule is CCNc1ncc(C)c(OCCC(C)C)n1. The molecule has 0 aliphatic heterocycles. The molecule has 0 fully saturated rings. The Hall–Kier alpha value is -1.32. The summed E-state index contributed by atoms with van der Waals surface area (Å²) in [5.74, 6) is 1.97. The quantitative estimate of drug-likeness (QED) is 0.805. The van der Waals surface area contributed by atoms with Crippen molar-refractivity contribution >= 4 is 5.95 Å². The van der Waals surface area contributed by atoms with Gasteiger partial charge in [0.2, 0.25) is 11.8 Å². The molecule has 0 aromatic carbocycles. The first-order chi connectivity index (χ1) is 7.63. The van der Waals surface area contributed by atoms with Crippen LogP contribution in [-0.2, 0) is 0 Å². The zero-order chi connectivity index (χ0) is 12.0. The first-order valence-corrected chi connectivity index (χ1v) is 5.83. The Bertz CT molecular complexity index is 326. The Balaban J connectivity index is 2.59. The summed E-state index contributed by atoms with van der Waals surface area (Å²) in [5, 5.41) is 3.07. The average molecular weight is 223 g/mol. The van der Waals surface area contributed by atoms with Crippen LogP contribution in [0.4, 0.5) is 5.95 Å². The number of nitrogens with one attached hydrogen (secondary N) is 1. The van der Waals surface area contributed by atoms with Crippen LogP contribution in [0.3, 0.4) is 0 Å². The largest absolute Gasteiger partial charge is 0.477 e. The predicted molar refractivity (Wildman–Crippen MR) is 65.9 cm³/mol. The summed E-state index contributed by atoms with van der Waals surface area (Å²) < 4.78 is 5.64. The van der Waals surface area contributed by atoms with E-state index in [4.69, 9.17) is 4.74 Å². The fraction of sp³-hybridized carbons (Fsp3) is 0.667. The molecule has 0 bridgehead atoms. The molecule has 1 heterocycles. The zero-order valence-electron chi connectivity index (χ0n) is 10.6. The summed E-state index contributed by atoms with van der Waals surface area (Å²) in [5.41, 5.74) is 0.977. The van der Waals surface area contributed by atoms with Gasteiger partial charge < -0.3 is 10.1 Å². The van der Waals surface area contributed by atoms with Gasteiger partial charge in [-0.1, -0.05) is 13.8 Å². The number of aryl methyl sites for hydroxylation is 1. The second kappa shape index (κ2) is 6.30. The van der Waals surface area contributed by atoms with Gasteiger partial charge in [0.25, 0.3) is 0 Å². The lowest BCUT2D eigenvalue weighted by Gasteiger charge is -2.10. The summed E-state index contributed by atoms with van der Waals surface area (Å²) in [6.45, 7) is 9.86. The highest BCUT2D eigenvalue weighted by Crippen LogP contribution is 2.15. The molecule has 1 rings (SSSR count). The summed E-state index contributed by atoms with van der Waals surface area (Å²) in [4.78, 5) is 8.48. The molecular weight excluding hydrogens is 202 g/mol. The van der Waals surface area contributed by atoms with Crippen LogP contribution >= 0.6 is 0 Å². The average Bonchev–Trinajstić information content (AvgIpc) is 2.22. The predicted octanol–water partition coefficient (Wildman–Crippen LogP) is 2.64. The summed E-state index contributed by atoms with van der Waals surface area (Å²) in [6.07, 6.45) is 2.83. The van der Waals surface area contributed by atoms with Crippen molar-refractivity contribution in [1.29, 1.82) is 0 Å². The standard InChI is InChI=1S/C12H21N3O/c1-5-13-12-14-8-10(4)11(15-12)16-7-6-9(2)3/h8-9H,5-7H2,1-4H3,(H,13,14,15). The van der Waals surface area contributed by atoms with Gasteiger partial charge in [0.15, 0.2) is 0 Å². The van der Waals surface area contributed by atoms with E-state index < -0.39 is 0 Å². The van der Waals surface area contributed by atoms with Crippen molar-refractivity contribution < 1.29 is 4.74 Å². The van der Waals surface area contributed by atoms with Crippen LogP contribution in [-0.4, -0.2) is 23.1 Å². The second-order valence-electron chi connectivity index (χ2n) is 4.24. The van der Waals surface area contributed by atoms with Crippen molar-refractivity contribution in [2.75, 3.05) is 18.5 Å². The Morgan fingerprint density at radius 2 is 2.19 bits per heavy atom. The van der Waals surface area contributed by atoms with E-state index in [0.29, 0.717) is 24.4 Å². The van der Waals surface area contributed by atoms with Gasteiger partial charge in [0.1, 0.15) is 0 Å². The molecule has 0 saturated carbocycles. The van der Waals surface area contributed by atoms with E-state index in [1.54, 1.807) is 6.20 Å². The lowest BCUT2D eigenvalue weighted by molar-refractivity contribution is 0.277. The van der Waals surface area contributed by atoms with E-state index in [9.17, 15) is 0 Å². The molecule has 0 amide bonds. The van der Waals surface area contributed by atoms with Gasteiger partial charge in [-0.3, -0.25) is 0 Å². The van der Waals surface area contributed by atoms with Crippen molar-refractivity contribution in [2.24, 2.45) is 5.92 Å². The van der Waals surface area contributed by atoms with Gasteiger partial charge in [-0.2, -0.15) is 4.98 Å². The molecule has 16 heavy (non-hydrogen) atoms. The normalized spacial score (nSPS) is 10.6. The number of anilines is 1. The third kappa shape index (κ3) is 4.04. The minimum Gasteiger partial charge on any atom is -0.477 e. The molecule has 0 aliphatic carbocycles. The molecule has 0 atom stereocenters. The molecule has 0 spiro atoms. The van der Waals surface area contributed by atoms with Crippen LogP contribution in [0.25, 0.3) is 0 Å². The van der Waals surface area contributed by atoms with Gasteiger partial charge >= 0.3 is 0 Å². The van der Waals surface area contributed by atoms with Crippen LogP contribution < -0.4 is 10.1 Å². The van der Waals surface area contributed by atoms with E-state index in [1.165, 1.54) is 0 Å². The monoisotopic (exact) mass is 223 g/mol. The lowest BCUT2D eigenvalue weighted by atomic mass is 10.1. The molecule has 0 aliphatic rings. The number of aromatic nitrogens is 2. The van der Waals surface area contributed by atoms with Crippen molar-refractivity contribution in [1.82, 2.24) is 9.97 Å². The molecule has 4 heteroatoms. The Morgan fingerprint density at radius 1 is 1.44 bits per heavy atom. The lowest BCUT2D eigenvalue weighted by Crippen LogP contribution is -2.07. The van der Waals surface area contributed by atoms with Crippen molar-refractivity contribution in [3.05, 3.63) is 11.8 Å². The molecule has 0 unspecified atom stereocenters. The molecule has 1 aromatic rings. The summed E-state index contributed by atoms with van der Waals surface area (Å²) in [6, 6.07) is 0. The summed E-state index contributed by atoms with van der Waals surface area (Å²) in [7, 11) is 0. The van der Waals surface area contributed by atoms with E-state index in [-0.39, 0.29) is 0 Å². The molecular formula is C12H21N3O. The van der Waals surface area contributed by atoms with Crippen LogP contribution in [0, 0.1) is 12.8 Å². The fourth-order valence-corrected chi connectivity index (χ4v) is 1.21. The smallest absolute Gasteiger partial charge is 0.225 e. The van der Waals surface area contributed by atoms with Crippen LogP contribution in [0.2, 0.25) is 0 Å². The van der Waals surface area contributed by atoms with E-state index in [2.05, 4.69) is 29.1 Å². The number of nitrogens with zero attached hydrogens (tertiary/aromatic N) is 2. The molecule has 0 radical (unpaired) electrons. The number of hydrogen-bond donors (Lipinski definition) is 1. The van der Waals surface area contributed by atoms with Gasteiger partial charge in [0.05, 0.1) is 6.61 Å². The third-order valence-corrected chi connectivity index (χ3v) is 2.19. The van der Waals surface area contributed by atoms with Crippen LogP contribution in [0.15, 0.2) is 6.20 Å². The maximum absolute atomic E-state index is 5.64. The maximum Gasteiger partial charge on any atom is 0.225 e. The van der Waals surface area contributed by atoms with Crippen molar-refractivity contribution in [3.63, 3.8) is 0 Å². The second-order valence-corrected chi connectivity index (χ2v) is 4.24. The highest BCUT2D eigenvalue weighted by molar-refractivity contribution is 5.32. The number of ether oxygens (including phenoxy) is 1. The van der Waals surface area contributed by atoms with Gasteiger partial charge in [-0.05, 0) is 26.2 Å². The third-order valence-electron chi connectivity index (χ3n) is 2.19. The fourth-order valence-electron chi connectivity index (χ4n) is 1.21. The Labute approximate surface area is 97.5 Å². The first kappa shape index (κ1) is 12.7. The zero-order valence-corrected chi connectivity index (χ0v) is 10.6. The van der Waals surface area contributed by atoms with Gasteiger partial charge in [0, 0.05) is 18.3 Å². The van der Waals surface area contributed by atoms with Crippen LogP contribution in [0.5, 0.6) is 5.88 Å². The minimum absolute atomic E-state index is 0.632. The molecule has 90 valence electrons. The topological polar surface area (TPSA) is 47.0 Å². The number of rotatable bonds is 6. The highest BCUT2D eigenvalue weighted by Gasteiger charge is 2.04. The molecule has 4 nitrogen and oxygen atoms in total. The van der Waals surface area contributed by atoms with E-state index in [1.807, 2.05) is 13.8 Å². The van der Waals surface area contributed by atoms with E-state index >= 15 is 0 Å². The summed E-state index contributed by atoms with van der Waals surface area (Å²) >= 11 is 0. The Kier molecular flexibility index (Phi) is 5.02. The first-order valence-electron chi connectivity index (χ1n) is 5.83. The van der Waals surface area contributed by atoms with E-state index in [0.717, 1.165) is 18.5 Å². The maximum atomic E-state index is 5.64. The minimum atomic E-state index is 0.632. The highest BCUT2D eigenvalue weighted by atomic mass is 16.5. The molecule has 0 saturated heterocycles. The van der Waals surface area contributed by atoms with Crippen LogP contribution in [0.1, 0.15) is 32.8 Å².